The summed E-state index contributed by atoms with van der Waals surface area (Å²) in [5, 5.41) is 26.6. The van der Waals surface area contributed by atoms with Gasteiger partial charge in [0.15, 0.2) is 0 Å². The zero-order valence-corrected chi connectivity index (χ0v) is 14.9. The van der Waals surface area contributed by atoms with Crippen LogP contribution < -0.4 is 0 Å². The van der Waals surface area contributed by atoms with E-state index in [1.165, 1.54) is 34.9 Å². The average molecular weight is 392 g/mol. The van der Waals surface area contributed by atoms with Gasteiger partial charge in [0.25, 0.3) is 0 Å². The molecule has 0 aliphatic heterocycles. The van der Waals surface area contributed by atoms with E-state index < -0.39 is 6.55 Å². The molecule has 0 atom stereocenters. The number of hydrogen-bond acceptors (Lipinski definition) is 5. The van der Waals surface area contributed by atoms with Crippen molar-refractivity contribution in [2.24, 2.45) is 0 Å². The first kappa shape index (κ1) is 17.7. The van der Waals surface area contributed by atoms with E-state index in [1.807, 2.05) is 12.1 Å². The molecule has 0 spiro atoms. The van der Waals surface area contributed by atoms with Gasteiger partial charge in [-0.1, -0.05) is 23.9 Å². The summed E-state index contributed by atoms with van der Waals surface area (Å²) in [7, 11) is 0. The number of hydrogen-bond donors (Lipinski definition) is 0. The summed E-state index contributed by atoms with van der Waals surface area (Å²) in [5.74, 6) is 0. The van der Waals surface area contributed by atoms with E-state index in [2.05, 4.69) is 22.3 Å². The van der Waals surface area contributed by atoms with Crippen LogP contribution in [0.1, 0.15) is 17.7 Å². The van der Waals surface area contributed by atoms with Gasteiger partial charge < -0.3 is 0 Å². The van der Waals surface area contributed by atoms with Crippen molar-refractivity contribution in [1.82, 2.24) is 19.4 Å². The molecule has 136 valence electrons. The number of aromatic nitrogens is 4. The van der Waals surface area contributed by atoms with Crippen molar-refractivity contribution in [2.75, 3.05) is 0 Å². The van der Waals surface area contributed by atoms with Crippen LogP contribution in [-0.4, -0.2) is 19.4 Å². The molecule has 0 amide bonds. The van der Waals surface area contributed by atoms with E-state index in [9.17, 15) is 19.3 Å². The summed E-state index contributed by atoms with van der Waals surface area (Å²) in [4.78, 5) is 1.40. The smallest absolute Gasteiger partial charge is 0.238 e. The fraction of sp³-hybridized carbons (Fsp3) is 0.0526. The van der Waals surface area contributed by atoms with Crippen LogP contribution in [-0.2, 0) is 0 Å². The highest BCUT2D eigenvalue weighted by Crippen LogP contribution is 2.37. The van der Waals surface area contributed by atoms with Crippen molar-refractivity contribution in [2.45, 2.75) is 16.3 Å². The van der Waals surface area contributed by atoms with Gasteiger partial charge in [-0.05, 0) is 18.2 Å². The van der Waals surface area contributed by atoms with E-state index in [0.717, 1.165) is 4.90 Å². The molecular formula is C19H10F2N6S. The summed E-state index contributed by atoms with van der Waals surface area (Å²) < 4.78 is 27.8. The average Bonchev–Trinajstić information content (AvgIpc) is 3.35. The van der Waals surface area contributed by atoms with Gasteiger partial charge >= 0.3 is 6.55 Å². The summed E-state index contributed by atoms with van der Waals surface area (Å²) >= 11 is 1.31. The maximum atomic E-state index is 12.9. The van der Waals surface area contributed by atoms with E-state index in [1.54, 1.807) is 24.4 Å². The molecule has 0 saturated carbocycles. The van der Waals surface area contributed by atoms with E-state index in [4.69, 9.17) is 0 Å². The zero-order valence-electron chi connectivity index (χ0n) is 14.1. The second-order valence-corrected chi connectivity index (χ2v) is 6.84. The molecule has 4 aromatic rings. The Morgan fingerprint density at radius 3 is 2.43 bits per heavy atom. The van der Waals surface area contributed by atoms with Crippen LogP contribution in [0.5, 0.6) is 0 Å². The van der Waals surface area contributed by atoms with Gasteiger partial charge in [-0.2, -0.15) is 29.5 Å². The van der Waals surface area contributed by atoms with Crippen molar-refractivity contribution < 1.29 is 8.78 Å². The lowest BCUT2D eigenvalue weighted by atomic mass is 10.1. The lowest BCUT2D eigenvalue weighted by Crippen LogP contribution is -1.97. The van der Waals surface area contributed by atoms with Gasteiger partial charge in [0, 0.05) is 33.3 Å². The lowest BCUT2D eigenvalue weighted by molar-refractivity contribution is 0.0566. The molecule has 0 radical (unpaired) electrons. The molecule has 0 N–H and O–H groups in total. The number of benzene rings is 1. The maximum Gasteiger partial charge on any atom is 0.333 e. The molecule has 0 bridgehead atoms. The van der Waals surface area contributed by atoms with Crippen molar-refractivity contribution >= 4 is 17.3 Å². The first-order valence-corrected chi connectivity index (χ1v) is 8.83. The molecular weight excluding hydrogens is 382 g/mol. The van der Waals surface area contributed by atoms with E-state index >= 15 is 0 Å². The fourth-order valence-corrected chi connectivity index (χ4v) is 3.86. The van der Waals surface area contributed by atoms with Crippen LogP contribution in [0, 0.1) is 22.7 Å². The Labute approximate surface area is 162 Å². The standard InChI is InChI=1S/C19H10F2N6S/c20-19(21)27-11-15(9-25-27)13-5-17(18-14(7-23)8-24-26(18)10-13)28-16-4-2-1-3-12(16)6-22/h1-5,8-11,19H. The molecule has 0 saturated heterocycles. The van der Waals surface area contributed by atoms with Crippen molar-refractivity contribution in [1.29, 1.82) is 10.5 Å². The van der Waals surface area contributed by atoms with Gasteiger partial charge in [-0.25, -0.2) is 9.20 Å². The van der Waals surface area contributed by atoms with E-state index in [0.29, 0.717) is 37.3 Å². The Morgan fingerprint density at radius 1 is 0.929 bits per heavy atom. The van der Waals surface area contributed by atoms with Gasteiger partial charge in [-0.3, -0.25) is 0 Å². The maximum absolute atomic E-state index is 12.9. The number of pyridine rings is 1. The van der Waals surface area contributed by atoms with Crippen LogP contribution in [0.2, 0.25) is 0 Å². The third-order valence-corrected chi connectivity index (χ3v) is 5.17. The monoisotopic (exact) mass is 392 g/mol. The Morgan fingerprint density at radius 2 is 1.71 bits per heavy atom. The van der Waals surface area contributed by atoms with Crippen LogP contribution in [0.15, 0.2) is 64.9 Å². The van der Waals surface area contributed by atoms with Gasteiger partial charge in [-0.15, -0.1) is 0 Å². The molecule has 0 fully saturated rings. The SMILES string of the molecule is N#Cc1ccccc1Sc1cc(-c2cnn(C(F)F)c2)cn2ncc(C#N)c12. The number of alkyl halides is 2. The number of rotatable bonds is 4. The second kappa shape index (κ2) is 7.14. The summed E-state index contributed by atoms with van der Waals surface area (Å²) in [6.45, 7) is -2.73. The van der Waals surface area contributed by atoms with Crippen LogP contribution in [0.25, 0.3) is 16.6 Å². The number of nitriles is 2. The predicted molar refractivity (Wildman–Crippen MR) is 97.7 cm³/mol. The molecule has 1 aromatic carbocycles. The van der Waals surface area contributed by atoms with E-state index in [-0.39, 0.29) is 0 Å². The van der Waals surface area contributed by atoms with Gasteiger partial charge in [0.2, 0.25) is 0 Å². The third kappa shape index (κ3) is 3.08. The largest absolute Gasteiger partial charge is 0.333 e. The highest BCUT2D eigenvalue weighted by Gasteiger charge is 2.16. The topological polar surface area (TPSA) is 82.7 Å². The first-order valence-electron chi connectivity index (χ1n) is 8.02. The summed E-state index contributed by atoms with van der Waals surface area (Å²) in [5.41, 5.74) is 2.58. The van der Waals surface area contributed by atoms with Crippen LogP contribution >= 0.6 is 11.8 Å². The molecule has 0 unspecified atom stereocenters. The summed E-state index contributed by atoms with van der Waals surface area (Å²) in [6, 6.07) is 13.1. The minimum absolute atomic E-state index is 0.381. The Bertz CT molecular complexity index is 1260. The van der Waals surface area contributed by atoms with Crippen LogP contribution in [0.4, 0.5) is 8.78 Å². The number of fused-ring (bicyclic) bond motifs is 1. The summed E-state index contributed by atoms with van der Waals surface area (Å²) in [6.07, 6.45) is 5.70. The predicted octanol–water partition coefficient (Wildman–Crippen LogP) is 4.49. The number of halogens is 2. The second-order valence-electron chi connectivity index (χ2n) is 5.75. The molecule has 28 heavy (non-hydrogen) atoms. The minimum atomic E-state index is -2.73. The molecule has 9 heteroatoms. The van der Waals surface area contributed by atoms with Crippen molar-refractivity contribution in [3.8, 4) is 23.3 Å². The minimum Gasteiger partial charge on any atom is -0.238 e. The quantitative estimate of drug-likeness (QED) is 0.511. The Hall–Kier alpha value is -3.69. The van der Waals surface area contributed by atoms with Gasteiger partial charge in [0.05, 0.1) is 29.0 Å². The molecule has 6 nitrogen and oxygen atoms in total. The molecule has 4 rings (SSSR count). The van der Waals surface area contributed by atoms with Gasteiger partial charge in [0.1, 0.15) is 12.1 Å². The Kier molecular flexibility index (Phi) is 4.52. The molecule has 0 aliphatic carbocycles. The molecule has 3 heterocycles. The van der Waals surface area contributed by atoms with Crippen molar-refractivity contribution in [3.63, 3.8) is 0 Å². The molecule has 3 aromatic heterocycles. The Balaban J connectivity index is 1.89. The first-order chi connectivity index (χ1) is 13.6. The number of nitrogens with zero attached hydrogens (tertiary/aromatic N) is 6. The molecule has 0 aliphatic rings. The third-order valence-electron chi connectivity index (χ3n) is 4.06. The van der Waals surface area contributed by atoms with Crippen LogP contribution in [0.3, 0.4) is 0 Å². The highest BCUT2D eigenvalue weighted by molar-refractivity contribution is 7.99. The lowest BCUT2D eigenvalue weighted by Gasteiger charge is -2.09. The zero-order chi connectivity index (χ0) is 19.7. The fourth-order valence-electron chi connectivity index (χ4n) is 2.76. The normalized spacial score (nSPS) is 10.9. The van der Waals surface area contributed by atoms with Crippen molar-refractivity contribution in [3.05, 3.63) is 66.2 Å². The highest BCUT2D eigenvalue weighted by atomic mass is 32.2.